The summed E-state index contributed by atoms with van der Waals surface area (Å²) in [5.74, 6) is 0. The summed E-state index contributed by atoms with van der Waals surface area (Å²) >= 11 is 0. The molecule has 1 aromatic heterocycles. The van der Waals surface area contributed by atoms with E-state index in [9.17, 15) is 0 Å². The number of anilines is 1. The van der Waals surface area contributed by atoms with Crippen LogP contribution in [-0.2, 0) is 6.54 Å². The first-order valence-electron chi connectivity index (χ1n) is 8.32. The van der Waals surface area contributed by atoms with Crippen LogP contribution in [0.3, 0.4) is 0 Å². The molecule has 3 rings (SSSR count). The Morgan fingerprint density at radius 2 is 2.00 bits per heavy atom. The largest absolute Gasteiger partial charge is 0.369 e. The Morgan fingerprint density at radius 3 is 2.70 bits per heavy atom. The third-order valence-electron chi connectivity index (χ3n) is 4.64. The van der Waals surface area contributed by atoms with E-state index in [1.54, 1.807) is 0 Å². The van der Waals surface area contributed by atoms with Crippen LogP contribution in [0.4, 0.5) is 5.69 Å². The van der Waals surface area contributed by atoms with Crippen molar-refractivity contribution in [1.29, 1.82) is 0 Å². The van der Waals surface area contributed by atoms with Gasteiger partial charge in [0.1, 0.15) is 0 Å². The quantitative estimate of drug-likeness (QED) is 0.860. The van der Waals surface area contributed by atoms with Gasteiger partial charge in [0, 0.05) is 37.1 Å². The summed E-state index contributed by atoms with van der Waals surface area (Å²) in [7, 11) is 0. The first-order valence-corrected chi connectivity index (χ1v) is 8.32. The summed E-state index contributed by atoms with van der Waals surface area (Å²) in [6.07, 6.45) is 11.6. The SMILES string of the molecule is CCN(c1ccnc(CNC2CC2)c1)C1CCCCC1. The molecule has 110 valence electrons. The Labute approximate surface area is 122 Å². The monoisotopic (exact) mass is 273 g/mol. The number of nitrogens with one attached hydrogen (secondary N) is 1. The van der Waals surface area contributed by atoms with Crippen molar-refractivity contribution in [2.24, 2.45) is 0 Å². The minimum Gasteiger partial charge on any atom is -0.369 e. The molecule has 2 saturated carbocycles. The van der Waals surface area contributed by atoms with Crippen LogP contribution >= 0.6 is 0 Å². The highest BCUT2D eigenvalue weighted by Crippen LogP contribution is 2.27. The van der Waals surface area contributed by atoms with Gasteiger partial charge in [-0.15, -0.1) is 0 Å². The maximum absolute atomic E-state index is 4.51. The lowest BCUT2D eigenvalue weighted by Gasteiger charge is -2.35. The first-order chi connectivity index (χ1) is 9.86. The average Bonchev–Trinajstić information content (AvgIpc) is 3.32. The van der Waals surface area contributed by atoms with Gasteiger partial charge in [0.2, 0.25) is 0 Å². The van der Waals surface area contributed by atoms with E-state index in [0.29, 0.717) is 0 Å². The van der Waals surface area contributed by atoms with Gasteiger partial charge in [0.15, 0.2) is 0 Å². The van der Waals surface area contributed by atoms with Crippen LogP contribution < -0.4 is 10.2 Å². The molecule has 0 aromatic carbocycles. The van der Waals surface area contributed by atoms with Crippen LogP contribution in [0, 0.1) is 0 Å². The van der Waals surface area contributed by atoms with Crippen molar-refractivity contribution in [3.8, 4) is 0 Å². The Balaban J connectivity index is 1.67. The molecule has 2 aliphatic carbocycles. The van der Waals surface area contributed by atoms with Gasteiger partial charge in [0.25, 0.3) is 0 Å². The summed E-state index contributed by atoms with van der Waals surface area (Å²) in [4.78, 5) is 7.10. The van der Waals surface area contributed by atoms with Crippen molar-refractivity contribution >= 4 is 5.69 Å². The second kappa shape index (κ2) is 6.57. The topological polar surface area (TPSA) is 28.2 Å². The number of pyridine rings is 1. The molecular formula is C17H27N3. The molecule has 0 atom stereocenters. The summed E-state index contributed by atoms with van der Waals surface area (Å²) in [5.41, 5.74) is 2.55. The van der Waals surface area contributed by atoms with E-state index in [1.165, 1.54) is 56.3 Å². The van der Waals surface area contributed by atoms with Gasteiger partial charge in [-0.3, -0.25) is 4.98 Å². The zero-order valence-electron chi connectivity index (χ0n) is 12.6. The second-order valence-corrected chi connectivity index (χ2v) is 6.24. The fourth-order valence-corrected chi connectivity index (χ4v) is 3.32. The molecule has 2 aliphatic rings. The van der Waals surface area contributed by atoms with Crippen LogP contribution in [0.1, 0.15) is 57.6 Å². The maximum atomic E-state index is 4.51. The zero-order chi connectivity index (χ0) is 13.8. The predicted molar refractivity (Wildman–Crippen MR) is 84.0 cm³/mol. The Bertz CT molecular complexity index is 422. The summed E-state index contributed by atoms with van der Waals surface area (Å²) in [6, 6.07) is 5.95. The molecule has 0 saturated heterocycles. The number of hydrogen-bond acceptors (Lipinski definition) is 3. The molecule has 0 spiro atoms. The van der Waals surface area contributed by atoms with Crippen LogP contribution in [0.5, 0.6) is 0 Å². The van der Waals surface area contributed by atoms with Crippen LogP contribution in [0.15, 0.2) is 18.3 Å². The number of nitrogens with zero attached hydrogens (tertiary/aromatic N) is 2. The van der Waals surface area contributed by atoms with Crippen LogP contribution in [-0.4, -0.2) is 23.6 Å². The van der Waals surface area contributed by atoms with Crippen molar-refractivity contribution in [2.75, 3.05) is 11.4 Å². The fraction of sp³-hybridized carbons (Fsp3) is 0.706. The first kappa shape index (κ1) is 13.9. The minimum absolute atomic E-state index is 0.736. The van der Waals surface area contributed by atoms with Crippen molar-refractivity contribution in [3.05, 3.63) is 24.0 Å². The van der Waals surface area contributed by atoms with E-state index in [0.717, 1.165) is 25.2 Å². The molecule has 1 aromatic rings. The smallest absolute Gasteiger partial charge is 0.0562 e. The highest BCUT2D eigenvalue weighted by atomic mass is 15.2. The molecule has 20 heavy (non-hydrogen) atoms. The standard InChI is InChI=1S/C17H27N3/c1-2-20(16-6-4-3-5-7-16)17-10-11-18-15(12-17)13-19-14-8-9-14/h10-12,14,16,19H,2-9,13H2,1H3. The second-order valence-electron chi connectivity index (χ2n) is 6.24. The van der Waals surface area contributed by atoms with Crippen molar-refractivity contribution in [1.82, 2.24) is 10.3 Å². The molecule has 0 unspecified atom stereocenters. The van der Waals surface area contributed by atoms with Gasteiger partial charge in [-0.05, 0) is 44.7 Å². The van der Waals surface area contributed by atoms with Gasteiger partial charge in [0.05, 0.1) is 5.69 Å². The molecule has 0 bridgehead atoms. The highest BCUT2D eigenvalue weighted by Gasteiger charge is 2.22. The van der Waals surface area contributed by atoms with E-state index >= 15 is 0 Å². The van der Waals surface area contributed by atoms with Gasteiger partial charge in [-0.2, -0.15) is 0 Å². The Morgan fingerprint density at radius 1 is 1.20 bits per heavy atom. The van der Waals surface area contributed by atoms with Gasteiger partial charge in [-0.25, -0.2) is 0 Å². The van der Waals surface area contributed by atoms with Gasteiger partial charge >= 0.3 is 0 Å². The van der Waals surface area contributed by atoms with E-state index in [2.05, 4.69) is 34.3 Å². The molecule has 3 heteroatoms. The maximum Gasteiger partial charge on any atom is 0.0562 e. The normalized spacial score (nSPS) is 20.1. The number of aromatic nitrogens is 1. The molecule has 1 heterocycles. The van der Waals surface area contributed by atoms with Gasteiger partial charge in [-0.1, -0.05) is 19.3 Å². The third kappa shape index (κ3) is 3.51. The van der Waals surface area contributed by atoms with Crippen molar-refractivity contribution in [3.63, 3.8) is 0 Å². The lowest BCUT2D eigenvalue weighted by Crippen LogP contribution is -2.36. The lowest BCUT2D eigenvalue weighted by atomic mass is 9.94. The van der Waals surface area contributed by atoms with Crippen molar-refractivity contribution < 1.29 is 0 Å². The number of rotatable bonds is 6. The minimum atomic E-state index is 0.736. The summed E-state index contributed by atoms with van der Waals surface area (Å²) in [6.45, 7) is 4.29. The molecule has 0 amide bonds. The molecule has 3 nitrogen and oxygen atoms in total. The van der Waals surface area contributed by atoms with Crippen molar-refractivity contribution in [2.45, 2.75) is 70.5 Å². The summed E-state index contributed by atoms with van der Waals surface area (Å²) in [5, 5.41) is 3.56. The van der Waals surface area contributed by atoms with E-state index in [-0.39, 0.29) is 0 Å². The summed E-state index contributed by atoms with van der Waals surface area (Å²) < 4.78 is 0. The van der Waals surface area contributed by atoms with E-state index in [4.69, 9.17) is 0 Å². The molecule has 1 N–H and O–H groups in total. The Hall–Kier alpha value is -1.09. The third-order valence-corrected chi connectivity index (χ3v) is 4.64. The predicted octanol–water partition coefficient (Wildman–Crippen LogP) is 3.49. The van der Waals surface area contributed by atoms with Gasteiger partial charge < -0.3 is 10.2 Å². The number of hydrogen-bond donors (Lipinski definition) is 1. The van der Waals surface area contributed by atoms with E-state index < -0.39 is 0 Å². The molecule has 2 fully saturated rings. The molecular weight excluding hydrogens is 246 g/mol. The van der Waals surface area contributed by atoms with Crippen LogP contribution in [0.2, 0.25) is 0 Å². The Kier molecular flexibility index (Phi) is 4.56. The molecule has 0 aliphatic heterocycles. The van der Waals surface area contributed by atoms with E-state index in [1.807, 2.05) is 6.20 Å². The fourth-order valence-electron chi connectivity index (χ4n) is 3.32. The lowest BCUT2D eigenvalue weighted by molar-refractivity contribution is 0.418. The molecule has 0 radical (unpaired) electrons. The zero-order valence-corrected chi connectivity index (χ0v) is 12.6. The van der Waals surface area contributed by atoms with Crippen LogP contribution in [0.25, 0.3) is 0 Å². The highest BCUT2D eigenvalue weighted by molar-refractivity contribution is 5.47. The average molecular weight is 273 g/mol.